The first kappa shape index (κ1) is 49.5. The first-order chi connectivity index (χ1) is 36.6. The fourth-order valence-electron chi connectivity index (χ4n) is 12.2. The number of aromatic nitrogens is 4. The number of carbonyl (C=O) groups is 4. The average Bonchev–Trinajstić information content (AvgIpc) is 4.31. The van der Waals surface area contributed by atoms with Crippen molar-refractivity contribution in [2.45, 2.75) is 108 Å². The van der Waals surface area contributed by atoms with Crippen molar-refractivity contribution in [3.05, 3.63) is 157 Å². The Bertz CT molecular complexity index is 3110. The van der Waals surface area contributed by atoms with Crippen molar-refractivity contribution in [1.29, 1.82) is 0 Å². The minimum atomic E-state index is -0.525. The topological polar surface area (TPSA) is 157 Å². The molecule has 4 aliphatic carbocycles. The number of rotatable bonds is 12. The zero-order valence-corrected chi connectivity index (χ0v) is 42.8. The second kappa shape index (κ2) is 21.6. The number of H-pyrrole nitrogens is 2. The molecule has 0 radical (unpaired) electrons. The van der Waals surface area contributed by atoms with Gasteiger partial charge in [-0.25, -0.2) is 19.6 Å². The van der Waals surface area contributed by atoms with Gasteiger partial charge in [0.2, 0.25) is 11.8 Å². The van der Waals surface area contributed by atoms with Gasteiger partial charge < -0.3 is 29.2 Å². The van der Waals surface area contributed by atoms with E-state index in [9.17, 15) is 19.2 Å². The maximum atomic E-state index is 13.9. The highest BCUT2D eigenvalue weighted by Gasteiger charge is 2.43. The van der Waals surface area contributed by atoms with Gasteiger partial charge in [0.1, 0.15) is 36.9 Å². The molecule has 14 rings (SSSR count). The molecule has 0 unspecified atom stereocenters. The van der Waals surface area contributed by atoms with E-state index in [0.717, 1.165) is 92.0 Å². The molecule has 386 valence electrons. The summed E-state index contributed by atoms with van der Waals surface area (Å²) in [6.45, 7) is 12.1. The highest BCUT2D eigenvalue weighted by atomic mass is 16.6. The summed E-state index contributed by atoms with van der Waals surface area (Å²) in [5, 5.41) is 0. The average molecular weight is 1010 g/mol. The largest absolute Gasteiger partial charge is 0.445 e. The molecular formula is C61H66N8O6. The molecule has 6 heterocycles. The number of amides is 4. The Morgan fingerprint density at radius 2 is 1.04 bits per heavy atom. The highest BCUT2D eigenvalue weighted by Crippen LogP contribution is 2.39. The Morgan fingerprint density at radius 1 is 0.573 bits per heavy atom. The number of hydrogen-bond acceptors (Lipinski definition) is 8. The molecule has 4 amide bonds. The molecule has 2 aromatic heterocycles. The SMILES string of the molecule is C=CCOC(=O)N1CCC[C@H]1C(=O)N1CCC[C@H]1c1ncc(-c2ccc(-c3cc4ccc3CCc3ccc(c(-c5ccc(-c6cnc([C@@H]7CCCN7C(=O)[C@@H]7CCCN7C(=O)OCC=C)[nH]6)cc5)c3)C[C@H]4C)cc2)[nH]1. The number of aryl methyl sites for hydroxylation is 2. The van der Waals surface area contributed by atoms with Gasteiger partial charge in [0.25, 0.3) is 0 Å². The van der Waals surface area contributed by atoms with E-state index in [-0.39, 0.29) is 43.0 Å². The van der Waals surface area contributed by atoms with Crippen LogP contribution in [0.4, 0.5) is 9.59 Å². The summed E-state index contributed by atoms with van der Waals surface area (Å²) in [5.74, 6) is 1.72. The number of nitrogens with zero attached hydrogens (tertiary/aromatic N) is 6. The van der Waals surface area contributed by atoms with Gasteiger partial charge >= 0.3 is 12.2 Å². The summed E-state index contributed by atoms with van der Waals surface area (Å²) in [4.78, 5) is 77.0. The van der Waals surface area contributed by atoms with E-state index in [1.807, 2.05) is 22.2 Å². The van der Waals surface area contributed by atoms with Crippen LogP contribution in [0.15, 0.2) is 123 Å². The molecule has 4 saturated heterocycles. The van der Waals surface area contributed by atoms with Gasteiger partial charge in [-0.05, 0) is 132 Å². The molecule has 14 heteroatoms. The Labute approximate surface area is 438 Å². The summed E-state index contributed by atoms with van der Waals surface area (Å²) >= 11 is 0. The monoisotopic (exact) mass is 1010 g/mol. The van der Waals surface area contributed by atoms with E-state index in [0.29, 0.717) is 39.0 Å². The van der Waals surface area contributed by atoms with Crippen molar-refractivity contribution in [2.24, 2.45) is 0 Å². The highest BCUT2D eigenvalue weighted by molar-refractivity contribution is 5.88. The molecule has 4 fully saturated rings. The van der Waals surface area contributed by atoms with Crippen LogP contribution >= 0.6 is 0 Å². The van der Waals surface area contributed by atoms with E-state index in [1.165, 1.54) is 56.7 Å². The predicted molar refractivity (Wildman–Crippen MR) is 288 cm³/mol. The lowest BCUT2D eigenvalue weighted by Crippen LogP contribution is -2.47. The summed E-state index contributed by atoms with van der Waals surface area (Å²) in [5.41, 5.74) is 13.9. The van der Waals surface area contributed by atoms with Crippen LogP contribution in [0, 0.1) is 0 Å². The molecule has 5 atom stereocenters. The Morgan fingerprint density at radius 3 is 1.56 bits per heavy atom. The smallest absolute Gasteiger partial charge is 0.410 e. The van der Waals surface area contributed by atoms with E-state index in [4.69, 9.17) is 19.4 Å². The summed E-state index contributed by atoms with van der Waals surface area (Å²) < 4.78 is 10.6. The number of benzene rings is 4. The van der Waals surface area contributed by atoms with Crippen LogP contribution in [0.3, 0.4) is 0 Å². The molecule has 4 aromatic carbocycles. The Hall–Kier alpha value is -7.74. The number of nitrogens with one attached hydrogen (secondary N) is 2. The maximum Gasteiger partial charge on any atom is 0.410 e. The lowest BCUT2D eigenvalue weighted by molar-refractivity contribution is -0.137. The van der Waals surface area contributed by atoms with E-state index in [1.54, 1.807) is 9.80 Å². The molecule has 2 N–H and O–H groups in total. The van der Waals surface area contributed by atoms with Crippen LogP contribution in [-0.4, -0.2) is 115 Å². The maximum absolute atomic E-state index is 13.9. The fraction of sp³-hybridized carbons (Fsp3) is 0.377. The van der Waals surface area contributed by atoms with Gasteiger partial charge in [-0.2, -0.15) is 0 Å². The third-order valence-corrected chi connectivity index (χ3v) is 16.2. The van der Waals surface area contributed by atoms with Crippen LogP contribution < -0.4 is 0 Å². The van der Waals surface area contributed by atoms with Crippen LogP contribution in [0.1, 0.15) is 110 Å². The van der Waals surface area contributed by atoms with Crippen molar-refractivity contribution in [2.75, 3.05) is 39.4 Å². The van der Waals surface area contributed by atoms with Crippen molar-refractivity contribution in [1.82, 2.24) is 39.5 Å². The van der Waals surface area contributed by atoms with Gasteiger partial charge in [-0.15, -0.1) is 0 Å². The third kappa shape index (κ3) is 10.0. The second-order valence-electron chi connectivity index (χ2n) is 20.8. The Balaban J connectivity index is 0.758. The van der Waals surface area contributed by atoms with E-state index >= 15 is 0 Å². The number of ether oxygens (including phenoxy) is 2. The number of aromatic amines is 2. The number of hydrogen-bond donors (Lipinski definition) is 2. The number of likely N-dealkylation sites (tertiary alicyclic amines) is 4. The first-order valence-electron chi connectivity index (χ1n) is 26.9. The lowest BCUT2D eigenvalue weighted by atomic mass is 9.84. The van der Waals surface area contributed by atoms with Crippen molar-refractivity contribution < 1.29 is 28.7 Å². The van der Waals surface area contributed by atoms with Crippen LogP contribution in [-0.2, 0) is 38.3 Å². The standard InChI is InChI=1S/C61H66N8O6/c1-4-32-74-60(72)68-30-8-12-54(68)58(70)66-28-6-10-52(66)56-62-37-50(64-56)44-23-18-42(19-24-44)48-35-40-14-16-41-22-27-46(39(3)34-47(48)17-15-40)36-49(41)43-20-25-45(26-21-43)51-38-63-57(65-51)53-11-7-29-67(53)59(71)55-13-9-31-69(55)61(73)75-33-5-2/h4-5,15,17-27,35-39,52-55H,1-2,6-14,16,28-34H2,3H3,(H,62,64)(H,63,65)/t39-,52+,53+,54+,55+/m1/s1. The van der Waals surface area contributed by atoms with Gasteiger partial charge in [0.15, 0.2) is 0 Å². The van der Waals surface area contributed by atoms with Gasteiger partial charge in [-0.1, -0.05) is 117 Å². The number of imidazole rings is 2. The lowest BCUT2D eigenvalue weighted by Gasteiger charge is -2.30. The molecule has 75 heavy (non-hydrogen) atoms. The van der Waals surface area contributed by atoms with E-state index in [2.05, 4.69) is 115 Å². The predicted octanol–water partition coefficient (Wildman–Crippen LogP) is 11.1. The molecule has 8 aliphatic rings. The van der Waals surface area contributed by atoms with Crippen molar-refractivity contribution in [3.63, 3.8) is 0 Å². The van der Waals surface area contributed by atoms with Crippen molar-refractivity contribution >= 4 is 24.0 Å². The van der Waals surface area contributed by atoms with Gasteiger partial charge in [0, 0.05) is 26.2 Å². The normalized spacial score (nSPS) is 21.3. The molecule has 0 saturated carbocycles. The summed E-state index contributed by atoms with van der Waals surface area (Å²) in [6.07, 6.45) is 14.7. The minimum absolute atomic E-state index is 0.0414. The minimum Gasteiger partial charge on any atom is -0.445 e. The molecular weight excluding hydrogens is 941 g/mol. The first-order valence-corrected chi connectivity index (χ1v) is 26.9. The second-order valence-corrected chi connectivity index (χ2v) is 20.8. The fourth-order valence-corrected chi connectivity index (χ4v) is 12.2. The summed E-state index contributed by atoms with van der Waals surface area (Å²) in [6, 6.07) is 30.1. The van der Waals surface area contributed by atoms with Gasteiger partial charge in [-0.3, -0.25) is 19.4 Å². The quantitative estimate of drug-likeness (QED) is 0.115. The van der Waals surface area contributed by atoms with Crippen LogP contribution in [0.5, 0.6) is 0 Å². The molecule has 4 bridgehead atoms. The molecule has 4 aliphatic heterocycles. The molecule has 14 nitrogen and oxygen atoms in total. The molecule has 0 spiro atoms. The Kier molecular flexibility index (Phi) is 14.3. The zero-order valence-electron chi connectivity index (χ0n) is 42.8. The third-order valence-electron chi connectivity index (χ3n) is 16.2. The van der Waals surface area contributed by atoms with Crippen LogP contribution in [0.25, 0.3) is 44.8 Å². The van der Waals surface area contributed by atoms with Gasteiger partial charge in [0.05, 0.1) is 35.9 Å². The number of carbonyl (C=O) groups excluding carboxylic acids is 4. The summed E-state index contributed by atoms with van der Waals surface area (Å²) in [7, 11) is 0. The van der Waals surface area contributed by atoms with Crippen molar-refractivity contribution in [3.8, 4) is 44.8 Å². The molecule has 6 aromatic rings. The van der Waals surface area contributed by atoms with Crippen LogP contribution in [0.2, 0.25) is 0 Å². The van der Waals surface area contributed by atoms with E-state index < -0.39 is 24.3 Å². The zero-order chi connectivity index (χ0) is 51.6.